The molecule has 0 unspecified atom stereocenters. The molecule has 0 spiro atoms. The van der Waals surface area contributed by atoms with Crippen LogP contribution in [-0.4, -0.2) is 27.8 Å². The van der Waals surface area contributed by atoms with Crippen LogP contribution in [0, 0.1) is 0 Å². The number of aromatic nitrogens is 2. The van der Waals surface area contributed by atoms with E-state index in [1.54, 1.807) is 0 Å². The summed E-state index contributed by atoms with van der Waals surface area (Å²) >= 11 is 0. The molecule has 1 aliphatic carbocycles. The number of hydrogen-bond acceptors (Lipinski definition) is 3. The van der Waals surface area contributed by atoms with Gasteiger partial charge in [-0.2, -0.15) is 5.10 Å². The van der Waals surface area contributed by atoms with Gasteiger partial charge in [0.15, 0.2) is 0 Å². The average Bonchev–Trinajstić information content (AvgIpc) is 2.97. The Balaban J connectivity index is 1.89. The van der Waals surface area contributed by atoms with Gasteiger partial charge in [-0.25, -0.2) is 4.68 Å². The molecule has 2 heterocycles. The summed E-state index contributed by atoms with van der Waals surface area (Å²) in [5, 5.41) is 4.78. The normalized spacial score (nSPS) is 21.9. The number of rotatable bonds is 2. The Morgan fingerprint density at radius 1 is 1.35 bits per heavy atom. The number of nitrogens with two attached hydrogens (primary N) is 1. The molecule has 3 rings (SSSR count). The molecule has 1 fully saturated rings. The van der Waals surface area contributed by atoms with Crippen molar-refractivity contribution < 1.29 is 0 Å². The summed E-state index contributed by atoms with van der Waals surface area (Å²) in [5.74, 6) is 0.947. The Morgan fingerprint density at radius 3 is 2.82 bits per heavy atom. The van der Waals surface area contributed by atoms with Crippen molar-refractivity contribution in [2.24, 2.45) is 0 Å². The Morgan fingerprint density at radius 2 is 2.12 bits per heavy atom. The number of nitrogen functional groups attached to an aromatic ring is 1. The minimum absolute atomic E-state index is 0.565. The predicted octanol–water partition coefficient (Wildman–Crippen LogP) is 1.96. The summed E-state index contributed by atoms with van der Waals surface area (Å²) in [6, 6.07) is 0.565. The zero-order chi connectivity index (χ0) is 11.8. The lowest BCUT2D eigenvalue weighted by Gasteiger charge is -2.24. The molecule has 2 aliphatic rings. The molecule has 0 saturated heterocycles. The highest BCUT2D eigenvalue weighted by molar-refractivity contribution is 5.45. The molecule has 0 amide bonds. The van der Waals surface area contributed by atoms with Crippen LogP contribution in [0.5, 0.6) is 0 Å². The van der Waals surface area contributed by atoms with Crippen LogP contribution in [0.2, 0.25) is 0 Å². The van der Waals surface area contributed by atoms with Gasteiger partial charge in [0, 0.05) is 18.7 Å². The Bertz CT molecular complexity index is 404. The maximum absolute atomic E-state index is 6.27. The molecule has 1 saturated carbocycles. The first-order valence-corrected chi connectivity index (χ1v) is 6.87. The fraction of sp³-hybridized carbons (Fsp3) is 0.769. The van der Waals surface area contributed by atoms with Crippen molar-refractivity contribution in [1.29, 1.82) is 0 Å². The summed E-state index contributed by atoms with van der Waals surface area (Å²) in [7, 11) is 0. The van der Waals surface area contributed by atoms with E-state index in [0.29, 0.717) is 6.04 Å². The molecule has 1 aromatic rings. The number of likely N-dealkylation sites (N-methyl/N-ethyl adjacent to an activating group) is 1. The molecule has 17 heavy (non-hydrogen) atoms. The van der Waals surface area contributed by atoms with Crippen molar-refractivity contribution in [3.63, 3.8) is 0 Å². The molecule has 94 valence electrons. The van der Waals surface area contributed by atoms with Crippen LogP contribution in [0.3, 0.4) is 0 Å². The fourth-order valence-corrected chi connectivity index (χ4v) is 3.19. The van der Waals surface area contributed by atoms with Crippen LogP contribution < -0.4 is 5.73 Å². The molecule has 0 atom stereocenters. The fourth-order valence-electron chi connectivity index (χ4n) is 3.19. The quantitative estimate of drug-likeness (QED) is 0.851. The lowest BCUT2D eigenvalue weighted by Crippen LogP contribution is -2.30. The minimum Gasteiger partial charge on any atom is -0.384 e. The van der Waals surface area contributed by atoms with E-state index < -0.39 is 0 Å². The molecular formula is C13H22N4. The van der Waals surface area contributed by atoms with E-state index >= 15 is 0 Å². The SMILES string of the molecule is CCN1CCc2c(nn(C3CCCC3)c2N)C1. The highest BCUT2D eigenvalue weighted by Gasteiger charge is 2.26. The van der Waals surface area contributed by atoms with Crippen molar-refractivity contribution in [3.8, 4) is 0 Å². The number of fused-ring (bicyclic) bond motifs is 1. The molecule has 0 radical (unpaired) electrons. The van der Waals surface area contributed by atoms with Gasteiger partial charge in [-0.15, -0.1) is 0 Å². The monoisotopic (exact) mass is 234 g/mol. The highest BCUT2D eigenvalue weighted by Crippen LogP contribution is 2.34. The predicted molar refractivity (Wildman–Crippen MR) is 68.8 cm³/mol. The summed E-state index contributed by atoms with van der Waals surface area (Å²) in [6.45, 7) is 5.43. The standard InChI is InChI=1S/C13H22N4/c1-2-16-8-7-11-12(9-16)15-17(13(11)14)10-5-3-4-6-10/h10H,2-9,14H2,1H3. The molecule has 0 aromatic carbocycles. The van der Waals surface area contributed by atoms with Crippen LogP contribution in [0.1, 0.15) is 49.9 Å². The van der Waals surface area contributed by atoms with Crippen molar-refractivity contribution in [2.45, 2.75) is 51.6 Å². The Labute approximate surface area is 103 Å². The molecule has 1 aromatic heterocycles. The van der Waals surface area contributed by atoms with Gasteiger partial charge in [0.2, 0.25) is 0 Å². The van der Waals surface area contributed by atoms with E-state index in [0.717, 1.165) is 31.9 Å². The molecule has 4 nitrogen and oxygen atoms in total. The van der Waals surface area contributed by atoms with E-state index in [2.05, 4.69) is 16.5 Å². The third kappa shape index (κ3) is 1.84. The van der Waals surface area contributed by atoms with Gasteiger partial charge in [-0.3, -0.25) is 4.90 Å². The van der Waals surface area contributed by atoms with Gasteiger partial charge in [0.05, 0.1) is 11.7 Å². The van der Waals surface area contributed by atoms with E-state index in [1.165, 1.54) is 36.9 Å². The molecular weight excluding hydrogens is 212 g/mol. The van der Waals surface area contributed by atoms with Crippen LogP contribution in [0.25, 0.3) is 0 Å². The van der Waals surface area contributed by atoms with E-state index in [4.69, 9.17) is 10.8 Å². The van der Waals surface area contributed by atoms with Gasteiger partial charge < -0.3 is 5.73 Å². The lowest BCUT2D eigenvalue weighted by molar-refractivity contribution is 0.264. The van der Waals surface area contributed by atoms with Gasteiger partial charge in [0.1, 0.15) is 5.82 Å². The summed E-state index contributed by atoms with van der Waals surface area (Å²) in [5.41, 5.74) is 8.82. The lowest BCUT2D eigenvalue weighted by atomic mass is 10.1. The summed E-state index contributed by atoms with van der Waals surface area (Å²) in [6.07, 6.45) is 6.23. The van der Waals surface area contributed by atoms with Gasteiger partial charge in [-0.05, 0) is 25.8 Å². The first kappa shape index (κ1) is 11.1. The summed E-state index contributed by atoms with van der Waals surface area (Å²) in [4.78, 5) is 2.44. The van der Waals surface area contributed by atoms with Gasteiger partial charge >= 0.3 is 0 Å². The second kappa shape index (κ2) is 4.33. The highest BCUT2D eigenvalue weighted by atomic mass is 15.3. The van der Waals surface area contributed by atoms with Crippen molar-refractivity contribution in [3.05, 3.63) is 11.3 Å². The van der Waals surface area contributed by atoms with Gasteiger partial charge in [0.25, 0.3) is 0 Å². The van der Waals surface area contributed by atoms with Crippen molar-refractivity contribution in [2.75, 3.05) is 18.8 Å². The number of nitrogens with zero attached hydrogens (tertiary/aromatic N) is 3. The van der Waals surface area contributed by atoms with Crippen LogP contribution >= 0.6 is 0 Å². The van der Waals surface area contributed by atoms with E-state index in [9.17, 15) is 0 Å². The Kier molecular flexibility index (Phi) is 2.82. The third-order valence-corrected chi connectivity index (χ3v) is 4.30. The van der Waals surface area contributed by atoms with E-state index in [-0.39, 0.29) is 0 Å². The first-order chi connectivity index (χ1) is 8.29. The van der Waals surface area contributed by atoms with Crippen LogP contribution in [0.4, 0.5) is 5.82 Å². The zero-order valence-electron chi connectivity index (χ0n) is 10.7. The van der Waals surface area contributed by atoms with Crippen molar-refractivity contribution >= 4 is 5.82 Å². The largest absolute Gasteiger partial charge is 0.384 e. The molecule has 2 N–H and O–H groups in total. The minimum atomic E-state index is 0.565. The smallest absolute Gasteiger partial charge is 0.125 e. The number of hydrogen-bond donors (Lipinski definition) is 1. The second-order valence-electron chi connectivity index (χ2n) is 5.31. The third-order valence-electron chi connectivity index (χ3n) is 4.30. The second-order valence-corrected chi connectivity index (χ2v) is 5.31. The average molecular weight is 234 g/mol. The maximum Gasteiger partial charge on any atom is 0.125 e. The topological polar surface area (TPSA) is 47.1 Å². The van der Waals surface area contributed by atoms with Crippen LogP contribution in [-0.2, 0) is 13.0 Å². The Hall–Kier alpha value is -1.03. The molecule has 1 aliphatic heterocycles. The molecule has 4 heteroatoms. The van der Waals surface area contributed by atoms with Gasteiger partial charge in [-0.1, -0.05) is 19.8 Å². The van der Waals surface area contributed by atoms with Crippen LogP contribution in [0.15, 0.2) is 0 Å². The summed E-state index contributed by atoms with van der Waals surface area (Å²) < 4.78 is 2.12. The van der Waals surface area contributed by atoms with Crippen molar-refractivity contribution in [1.82, 2.24) is 14.7 Å². The zero-order valence-corrected chi connectivity index (χ0v) is 10.7. The first-order valence-electron chi connectivity index (χ1n) is 6.87. The number of anilines is 1. The van der Waals surface area contributed by atoms with E-state index in [1.807, 2.05) is 0 Å². The maximum atomic E-state index is 6.27. The molecule has 0 bridgehead atoms.